The number of nitrogens with two attached hydrogens (primary N) is 1. The zero-order chi connectivity index (χ0) is 35.6. The molecule has 0 radical (unpaired) electrons. The van der Waals surface area contributed by atoms with Crippen LogP contribution in [0.1, 0.15) is 113 Å². The van der Waals surface area contributed by atoms with Gasteiger partial charge in [-0.15, -0.1) is 22.7 Å². The van der Waals surface area contributed by atoms with Crippen molar-refractivity contribution in [3.8, 4) is 11.5 Å². The lowest BCUT2D eigenvalue weighted by Gasteiger charge is -2.13. The quantitative estimate of drug-likeness (QED) is 0.0966. The maximum absolute atomic E-state index is 12.4. The van der Waals surface area contributed by atoms with Crippen LogP contribution in [0.5, 0.6) is 11.5 Å². The predicted molar refractivity (Wildman–Crippen MR) is 198 cm³/mol. The standard InChI is InChI=1S/C16H17ClN2O3S.C9H10ClNO2.C7H8ClNOS.CH4/c1-8(2)11-7-23-16(18-11)15(21)19-14-10(9(3)20)5-6-12(22-4)13(14)17;1-5(12)6-3-4-7(13-2)8(10)9(6)11;1-4(2)5-3-11-7(9-5)6(8)10;/h5-8H,1-4H3,(H,19,21);3-4H,11H2,1-2H3;3-4H,1-2H3;1H4. The normalized spacial score (nSPS) is 10.2. The third-order valence-corrected chi connectivity index (χ3v) is 9.05. The fourth-order valence-electron chi connectivity index (χ4n) is 3.63. The summed E-state index contributed by atoms with van der Waals surface area (Å²) in [5, 5.41) is 7.10. The molecule has 0 aliphatic rings. The van der Waals surface area contributed by atoms with Crippen molar-refractivity contribution < 1.29 is 28.7 Å². The molecule has 0 unspecified atom stereocenters. The van der Waals surface area contributed by atoms with E-state index in [-0.39, 0.29) is 46.3 Å². The molecule has 10 nitrogen and oxygen atoms in total. The number of benzene rings is 2. The zero-order valence-electron chi connectivity index (χ0n) is 27.0. The minimum Gasteiger partial charge on any atom is -0.495 e. The molecule has 48 heavy (non-hydrogen) atoms. The van der Waals surface area contributed by atoms with Crippen LogP contribution < -0.4 is 20.5 Å². The van der Waals surface area contributed by atoms with E-state index in [4.69, 9.17) is 50.0 Å². The second kappa shape index (κ2) is 19.4. The Balaban J connectivity index is 0.000000391. The average Bonchev–Trinajstić information content (AvgIpc) is 3.71. The maximum Gasteiger partial charge on any atom is 0.284 e. The van der Waals surface area contributed by atoms with E-state index < -0.39 is 11.1 Å². The third-order valence-electron chi connectivity index (χ3n) is 6.28. The molecule has 0 saturated carbocycles. The van der Waals surface area contributed by atoms with Gasteiger partial charge in [0.05, 0.1) is 37.0 Å². The van der Waals surface area contributed by atoms with Crippen molar-refractivity contribution in [1.29, 1.82) is 0 Å². The molecule has 260 valence electrons. The summed E-state index contributed by atoms with van der Waals surface area (Å²) in [4.78, 5) is 54.1. The molecular weight excluding hydrogens is 719 g/mol. The highest BCUT2D eigenvalue weighted by atomic mass is 35.5. The lowest BCUT2D eigenvalue weighted by molar-refractivity contribution is 0.100. The summed E-state index contributed by atoms with van der Waals surface area (Å²) in [7, 11) is 2.96. The highest BCUT2D eigenvalue weighted by molar-refractivity contribution is 7.13. The number of ketones is 2. The summed E-state index contributed by atoms with van der Waals surface area (Å²) in [6.45, 7) is 10.9. The van der Waals surface area contributed by atoms with E-state index in [1.54, 1.807) is 24.3 Å². The van der Waals surface area contributed by atoms with Gasteiger partial charge in [0.2, 0.25) is 0 Å². The van der Waals surface area contributed by atoms with Crippen molar-refractivity contribution in [2.75, 3.05) is 25.3 Å². The molecule has 0 saturated heterocycles. The zero-order valence-corrected chi connectivity index (χ0v) is 30.9. The van der Waals surface area contributed by atoms with Crippen molar-refractivity contribution >= 4 is 91.6 Å². The number of nitrogens with zero attached hydrogens (tertiary/aromatic N) is 2. The van der Waals surface area contributed by atoms with Gasteiger partial charge < -0.3 is 20.5 Å². The summed E-state index contributed by atoms with van der Waals surface area (Å²) in [5.41, 5.74) is 8.67. The molecule has 2 heterocycles. The van der Waals surface area contributed by atoms with Crippen LogP contribution in [-0.2, 0) is 0 Å². The van der Waals surface area contributed by atoms with Crippen LogP contribution in [0, 0.1) is 0 Å². The van der Waals surface area contributed by atoms with Gasteiger partial charge in [0, 0.05) is 21.9 Å². The molecule has 0 spiro atoms. The Morgan fingerprint density at radius 1 is 0.771 bits per heavy atom. The fourth-order valence-corrected chi connectivity index (χ4v) is 6.02. The minimum atomic E-state index is -0.470. The molecule has 4 aromatic rings. The number of nitrogen functional groups attached to an aromatic ring is 1. The molecule has 0 aliphatic carbocycles. The van der Waals surface area contributed by atoms with E-state index in [0.29, 0.717) is 38.6 Å². The Labute approximate surface area is 303 Å². The first-order chi connectivity index (χ1) is 22.0. The number of halogens is 3. The Morgan fingerprint density at radius 3 is 1.60 bits per heavy atom. The number of anilines is 2. The van der Waals surface area contributed by atoms with Gasteiger partial charge in [0.25, 0.3) is 11.1 Å². The summed E-state index contributed by atoms with van der Waals surface area (Å²) >= 11 is 19.9. The van der Waals surface area contributed by atoms with Gasteiger partial charge in [0.1, 0.15) is 21.5 Å². The lowest BCUT2D eigenvalue weighted by Crippen LogP contribution is -2.15. The lowest BCUT2D eigenvalue weighted by atomic mass is 10.1. The maximum atomic E-state index is 12.4. The molecule has 0 atom stereocenters. The van der Waals surface area contributed by atoms with Gasteiger partial charge in [-0.05, 0) is 61.5 Å². The topological polar surface area (TPSA) is 151 Å². The molecule has 4 rings (SSSR count). The van der Waals surface area contributed by atoms with Gasteiger partial charge in [0.15, 0.2) is 21.6 Å². The average molecular weight is 758 g/mol. The highest BCUT2D eigenvalue weighted by Gasteiger charge is 2.20. The van der Waals surface area contributed by atoms with E-state index >= 15 is 0 Å². The van der Waals surface area contributed by atoms with Crippen LogP contribution in [-0.4, -0.2) is 46.9 Å². The van der Waals surface area contributed by atoms with Crippen LogP contribution in [0.4, 0.5) is 11.4 Å². The second-order valence-corrected chi connectivity index (χ2v) is 13.2. The van der Waals surface area contributed by atoms with Gasteiger partial charge >= 0.3 is 0 Å². The van der Waals surface area contributed by atoms with Gasteiger partial charge in [-0.3, -0.25) is 19.2 Å². The Kier molecular flexibility index (Phi) is 17.2. The summed E-state index contributed by atoms with van der Waals surface area (Å²) in [6.07, 6.45) is 0. The van der Waals surface area contributed by atoms with E-state index in [1.165, 1.54) is 50.7 Å². The fraction of sp³-hybridized carbons (Fsp3) is 0.333. The summed E-state index contributed by atoms with van der Waals surface area (Å²) in [5.74, 6) is 0.739. The monoisotopic (exact) mass is 756 g/mol. The Hall–Kier alpha value is -3.55. The molecule has 2 aromatic carbocycles. The van der Waals surface area contributed by atoms with Gasteiger partial charge in [-0.25, -0.2) is 9.97 Å². The number of aromatic nitrogens is 2. The van der Waals surface area contributed by atoms with Crippen LogP contribution in [0.3, 0.4) is 0 Å². The van der Waals surface area contributed by atoms with Crippen molar-refractivity contribution in [1.82, 2.24) is 9.97 Å². The SMILES string of the molecule is C.CC(C)c1csc(C(=O)Cl)n1.COc1ccc(C(C)=O)c(N)c1Cl.COc1ccc(C(C)=O)c(NC(=O)c2nc(C(C)C)cs2)c1Cl. The number of nitrogens with one attached hydrogen (secondary N) is 1. The van der Waals surface area contributed by atoms with Crippen LogP contribution in [0.2, 0.25) is 10.0 Å². The molecule has 2 aromatic heterocycles. The van der Waals surface area contributed by atoms with Crippen molar-refractivity contribution in [2.24, 2.45) is 0 Å². The first-order valence-electron chi connectivity index (χ1n) is 14.0. The highest BCUT2D eigenvalue weighted by Crippen LogP contribution is 2.36. The van der Waals surface area contributed by atoms with Crippen molar-refractivity contribution in [2.45, 2.75) is 60.8 Å². The van der Waals surface area contributed by atoms with Crippen LogP contribution in [0.25, 0.3) is 0 Å². The minimum absolute atomic E-state index is 0. The number of hydrogen-bond donors (Lipinski definition) is 2. The van der Waals surface area contributed by atoms with Crippen molar-refractivity contribution in [3.63, 3.8) is 0 Å². The molecule has 0 fully saturated rings. The number of carbonyl (C=O) groups excluding carboxylic acids is 4. The van der Waals surface area contributed by atoms with Crippen LogP contribution >= 0.6 is 57.5 Å². The summed E-state index contributed by atoms with van der Waals surface area (Å²) in [6, 6.07) is 6.39. The third kappa shape index (κ3) is 11.3. The number of amides is 1. The van der Waals surface area contributed by atoms with E-state index in [2.05, 4.69) is 15.3 Å². The number of hydrogen-bond acceptors (Lipinski definition) is 11. The van der Waals surface area contributed by atoms with Gasteiger partial charge in [-0.1, -0.05) is 58.3 Å². The largest absolute Gasteiger partial charge is 0.495 e. The number of carbonyl (C=O) groups is 4. The summed E-state index contributed by atoms with van der Waals surface area (Å²) < 4.78 is 10.1. The molecule has 0 aliphatic heterocycles. The molecule has 0 bridgehead atoms. The number of thiazole rings is 2. The van der Waals surface area contributed by atoms with Gasteiger partial charge in [-0.2, -0.15) is 0 Å². The van der Waals surface area contributed by atoms with E-state index in [0.717, 1.165) is 11.4 Å². The first kappa shape index (κ1) is 42.5. The smallest absolute Gasteiger partial charge is 0.284 e. The van der Waals surface area contributed by atoms with Crippen molar-refractivity contribution in [3.05, 3.63) is 77.6 Å². The Morgan fingerprint density at radius 2 is 1.21 bits per heavy atom. The predicted octanol–water partition coefficient (Wildman–Crippen LogP) is 9.80. The first-order valence-corrected chi connectivity index (χ1v) is 16.8. The van der Waals surface area contributed by atoms with E-state index in [9.17, 15) is 19.2 Å². The molecule has 15 heteroatoms. The second-order valence-electron chi connectivity index (χ2n) is 10.4. The number of rotatable bonds is 9. The molecule has 1 amide bonds. The molecule has 3 N–H and O–H groups in total. The van der Waals surface area contributed by atoms with E-state index in [1.807, 2.05) is 38.5 Å². The van der Waals surface area contributed by atoms with Crippen LogP contribution in [0.15, 0.2) is 35.0 Å². The molecular formula is C33H39Cl3N4O6S2. The number of ether oxygens (including phenoxy) is 2. The Bertz CT molecular complexity index is 1750. The number of methoxy groups -OCH3 is 2. The number of Topliss-reactive ketones (excluding diaryl/α,β-unsaturated/α-hetero) is 2.